The van der Waals surface area contributed by atoms with Gasteiger partial charge in [-0.05, 0) is 38.7 Å². The lowest BCUT2D eigenvalue weighted by Gasteiger charge is -2.09. The summed E-state index contributed by atoms with van der Waals surface area (Å²) in [4.78, 5) is 1.36. The topological polar surface area (TPSA) is 77.2 Å². The SMILES string of the molecule is COc1ccc2ccccc2c1C=Nn1nnnc1Nc1cccc2ccccc12. The van der Waals surface area contributed by atoms with Crippen LogP contribution in [0.15, 0.2) is 84.0 Å². The number of hydrogen-bond acceptors (Lipinski definition) is 6. The number of aromatic nitrogens is 4. The summed E-state index contributed by atoms with van der Waals surface area (Å²) in [6.45, 7) is 0. The van der Waals surface area contributed by atoms with Crippen LogP contribution in [-0.4, -0.2) is 33.6 Å². The van der Waals surface area contributed by atoms with Gasteiger partial charge in [-0.25, -0.2) is 0 Å². The Hall–Kier alpha value is -4.26. The van der Waals surface area contributed by atoms with Crippen LogP contribution in [-0.2, 0) is 0 Å². The third-order valence-electron chi connectivity index (χ3n) is 4.94. The highest BCUT2D eigenvalue weighted by atomic mass is 16.5. The first-order valence-corrected chi connectivity index (χ1v) is 9.47. The summed E-state index contributed by atoms with van der Waals surface area (Å²) in [5, 5.41) is 24.0. The van der Waals surface area contributed by atoms with Crippen molar-refractivity contribution in [2.24, 2.45) is 5.10 Å². The van der Waals surface area contributed by atoms with Crippen molar-refractivity contribution in [2.75, 3.05) is 12.4 Å². The van der Waals surface area contributed by atoms with Gasteiger partial charge in [0.2, 0.25) is 0 Å². The number of hydrogen-bond donors (Lipinski definition) is 1. The average Bonchev–Trinajstić information content (AvgIpc) is 3.24. The number of tetrazole rings is 1. The molecule has 5 rings (SSSR count). The van der Waals surface area contributed by atoms with E-state index in [4.69, 9.17) is 4.74 Å². The maximum absolute atomic E-state index is 5.53. The molecule has 4 aromatic carbocycles. The molecule has 1 N–H and O–H groups in total. The van der Waals surface area contributed by atoms with Crippen molar-refractivity contribution in [1.82, 2.24) is 20.3 Å². The van der Waals surface area contributed by atoms with Gasteiger partial charge in [0.15, 0.2) is 0 Å². The van der Waals surface area contributed by atoms with Crippen molar-refractivity contribution in [1.29, 1.82) is 0 Å². The Bertz CT molecular complexity index is 1370. The summed E-state index contributed by atoms with van der Waals surface area (Å²) in [7, 11) is 1.64. The van der Waals surface area contributed by atoms with Crippen molar-refractivity contribution in [3.63, 3.8) is 0 Å². The molecule has 0 aliphatic heterocycles. The molecule has 146 valence electrons. The van der Waals surface area contributed by atoms with Crippen LogP contribution in [0.2, 0.25) is 0 Å². The molecule has 7 heteroatoms. The van der Waals surface area contributed by atoms with Gasteiger partial charge in [-0.15, -0.1) is 0 Å². The van der Waals surface area contributed by atoms with E-state index in [2.05, 4.69) is 50.2 Å². The number of ether oxygens (including phenoxy) is 1. The van der Waals surface area contributed by atoms with Gasteiger partial charge in [-0.1, -0.05) is 76.6 Å². The van der Waals surface area contributed by atoms with Gasteiger partial charge in [0.05, 0.1) is 13.3 Å². The van der Waals surface area contributed by atoms with E-state index in [1.165, 1.54) is 4.79 Å². The minimum atomic E-state index is 0.418. The molecule has 0 saturated carbocycles. The highest BCUT2D eigenvalue weighted by molar-refractivity contribution is 6.02. The van der Waals surface area contributed by atoms with Crippen LogP contribution in [0.4, 0.5) is 11.6 Å². The van der Waals surface area contributed by atoms with Gasteiger partial charge in [0, 0.05) is 16.6 Å². The molecule has 0 bridgehead atoms. The van der Waals surface area contributed by atoms with E-state index in [1.54, 1.807) is 13.3 Å². The second kappa shape index (κ2) is 7.63. The molecule has 0 radical (unpaired) electrons. The maximum Gasteiger partial charge on any atom is 0.269 e. The van der Waals surface area contributed by atoms with E-state index in [0.717, 1.165) is 38.5 Å². The van der Waals surface area contributed by atoms with Crippen molar-refractivity contribution in [2.45, 2.75) is 0 Å². The second-order valence-corrected chi connectivity index (χ2v) is 6.69. The summed E-state index contributed by atoms with van der Waals surface area (Å²) < 4.78 is 5.53. The van der Waals surface area contributed by atoms with Gasteiger partial charge in [0.1, 0.15) is 5.75 Å². The van der Waals surface area contributed by atoms with E-state index in [0.29, 0.717) is 5.95 Å². The van der Waals surface area contributed by atoms with Crippen molar-refractivity contribution >= 4 is 39.4 Å². The fourth-order valence-electron chi connectivity index (χ4n) is 3.49. The fourth-order valence-corrected chi connectivity index (χ4v) is 3.49. The number of anilines is 2. The summed E-state index contributed by atoms with van der Waals surface area (Å²) >= 11 is 0. The molecule has 0 saturated heterocycles. The molecular weight excluding hydrogens is 376 g/mol. The predicted octanol–water partition coefficient (Wildman–Crippen LogP) is 4.61. The van der Waals surface area contributed by atoms with Crippen molar-refractivity contribution < 1.29 is 4.74 Å². The first kappa shape index (κ1) is 17.8. The zero-order chi connectivity index (χ0) is 20.3. The number of methoxy groups -OCH3 is 1. The Morgan fingerprint density at radius 2 is 1.60 bits per heavy atom. The van der Waals surface area contributed by atoms with Gasteiger partial charge in [0.25, 0.3) is 5.95 Å². The molecule has 0 unspecified atom stereocenters. The van der Waals surface area contributed by atoms with Crippen LogP contribution in [0.1, 0.15) is 5.56 Å². The van der Waals surface area contributed by atoms with Crippen LogP contribution >= 0.6 is 0 Å². The molecule has 5 aromatic rings. The van der Waals surface area contributed by atoms with E-state index in [1.807, 2.05) is 54.6 Å². The van der Waals surface area contributed by atoms with Crippen LogP contribution in [0.25, 0.3) is 21.5 Å². The first-order chi connectivity index (χ1) is 14.8. The Labute approximate surface area is 172 Å². The fraction of sp³-hybridized carbons (Fsp3) is 0.0435. The molecule has 0 fully saturated rings. The summed E-state index contributed by atoms with van der Waals surface area (Å²) in [5.74, 6) is 1.15. The number of nitrogens with zero attached hydrogens (tertiary/aromatic N) is 5. The zero-order valence-corrected chi connectivity index (χ0v) is 16.2. The molecule has 1 aromatic heterocycles. The Morgan fingerprint density at radius 1 is 0.867 bits per heavy atom. The number of fused-ring (bicyclic) bond motifs is 2. The Balaban J connectivity index is 1.52. The molecular formula is C23H18N6O. The smallest absolute Gasteiger partial charge is 0.269 e. The van der Waals surface area contributed by atoms with Gasteiger partial charge >= 0.3 is 0 Å². The standard InChI is InChI=1S/C23H18N6O/c1-30-22-14-13-17-8-2-4-10-18(17)20(22)15-24-29-23(26-27-28-29)25-21-12-6-9-16-7-3-5-11-19(16)21/h2-15H,1H3,(H,25,26,28). The monoisotopic (exact) mass is 394 g/mol. The molecule has 0 amide bonds. The minimum Gasteiger partial charge on any atom is -0.496 e. The zero-order valence-electron chi connectivity index (χ0n) is 16.2. The van der Waals surface area contributed by atoms with Crippen LogP contribution < -0.4 is 10.1 Å². The Morgan fingerprint density at radius 3 is 2.43 bits per heavy atom. The lowest BCUT2D eigenvalue weighted by Crippen LogP contribution is -2.02. The molecule has 7 nitrogen and oxygen atoms in total. The highest BCUT2D eigenvalue weighted by Gasteiger charge is 2.09. The molecule has 0 aliphatic carbocycles. The molecule has 0 aliphatic rings. The highest BCUT2D eigenvalue weighted by Crippen LogP contribution is 2.27. The molecule has 1 heterocycles. The van der Waals surface area contributed by atoms with E-state index in [-0.39, 0.29) is 0 Å². The number of rotatable bonds is 5. The van der Waals surface area contributed by atoms with Crippen LogP contribution in [0, 0.1) is 0 Å². The summed E-state index contributed by atoms with van der Waals surface area (Å²) in [6.07, 6.45) is 1.71. The molecule has 0 spiro atoms. The average molecular weight is 394 g/mol. The van der Waals surface area contributed by atoms with E-state index < -0.39 is 0 Å². The number of nitrogens with one attached hydrogen (secondary N) is 1. The quantitative estimate of drug-likeness (QED) is 0.440. The van der Waals surface area contributed by atoms with Crippen molar-refractivity contribution in [3.05, 3.63) is 84.4 Å². The van der Waals surface area contributed by atoms with E-state index >= 15 is 0 Å². The normalized spacial score (nSPS) is 11.4. The molecule has 0 atom stereocenters. The number of benzene rings is 4. The van der Waals surface area contributed by atoms with Gasteiger partial charge in [-0.3, -0.25) is 0 Å². The lowest BCUT2D eigenvalue weighted by atomic mass is 10.0. The minimum absolute atomic E-state index is 0.418. The predicted molar refractivity (Wildman–Crippen MR) is 119 cm³/mol. The lowest BCUT2D eigenvalue weighted by molar-refractivity contribution is 0.415. The van der Waals surface area contributed by atoms with Crippen molar-refractivity contribution in [3.8, 4) is 5.75 Å². The summed E-state index contributed by atoms with van der Waals surface area (Å²) in [6, 6.07) is 26.2. The van der Waals surface area contributed by atoms with Gasteiger partial charge in [-0.2, -0.15) is 5.10 Å². The largest absolute Gasteiger partial charge is 0.496 e. The van der Waals surface area contributed by atoms with Gasteiger partial charge < -0.3 is 10.1 Å². The third-order valence-corrected chi connectivity index (χ3v) is 4.94. The first-order valence-electron chi connectivity index (χ1n) is 9.47. The van der Waals surface area contributed by atoms with Crippen LogP contribution in [0.3, 0.4) is 0 Å². The van der Waals surface area contributed by atoms with E-state index in [9.17, 15) is 0 Å². The molecule has 30 heavy (non-hydrogen) atoms. The third kappa shape index (κ3) is 3.22. The summed E-state index contributed by atoms with van der Waals surface area (Å²) in [5.41, 5.74) is 1.77. The maximum atomic E-state index is 5.53. The second-order valence-electron chi connectivity index (χ2n) is 6.69. The Kier molecular flexibility index (Phi) is 4.53. The van der Waals surface area contributed by atoms with Crippen LogP contribution in [0.5, 0.6) is 5.75 Å².